The van der Waals surface area contributed by atoms with Crippen LogP contribution in [0.15, 0.2) is 0 Å². The molecule has 0 radical (unpaired) electrons. The third-order valence-electron chi connectivity index (χ3n) is 9.74. The van der Waals surface area contributed by atoms with Crippen LogP contribution in [-0.4, -0.2) is 251 Å². The molecule has 0 aromatic carbocycles. The van der Waals surface area contributed by atoms with E-state index in [9.17, 15) is 95.0 Å². The molecule has 0 aromatic rings. The summed E-state index contributed by atoms with van der Waals surface area (Å²) >= 11 is 0. The lowest BCUT2D eigenvalue weighted by atomic mass is 9.92. The van der Waals surface area contributed by atoms with E-state index >= 15 is 0 Å². The molecule has 0 aromatic heterocycles. The number of hydrogen-bond donors (Lipinski definition) is 15. The highest BCUT2D eigenvalue weighted by Crippen LogP contribution is 2.36. The number of aliphatic hydroxyl groups is 10. The van der Waals surface area contributed by atoms with E-state index in [1.165, 1.54) is 0 Å². The summed E-state index contributed by atoms with van der Waals surface area (Å²) in [6, 6.07) is -2.02. The van der Waals surface area contributed by atoms with Crippen LogP contribution in [0.3, 0.4) is 0 Å². The smallest absolute Gasteiger partial charge is 0.394 e. The van der Waals surface area contributed by atoms with E-state index in [2.05, 4.69) is 17.9 Å². The Bertz CT molecular complexity index is 1930. The molecule has 0 spiro atoms. The minimum absolute atomic E-state index is 0.791. The van der Waals surface area contributed by atoms with Gasteiger partial charge in [0.25, 0.3) is 0 Å². The lowest BCUT2D eigenvalue weighted by Gasteiger charge is -2.51. The number of aliphatic hydroxyl groups excluding tert-OH is 9. The Balaban J connectivity index is 1.75. The molecule has 4 aliphatic heterocycles. The van der Waals surface area contributed by atoms with Crippen molar-refractivity contribution < 1.29 is 145 Å². The largest absolute Gasteiger partial charge is 0.397 e. The molecule has 4 rings (SSSR count). The summed E-state index contributed by atoms with van der Waals surface area (Å²) in [5.74, 6) is -2.14. The van der Waals surface area contributed by atoms with Crippen molar-refractivity contribution in [2.45, 2.75) is 136 Å². The molecule has 2 amide bonds. The molecular weight excluding hydrogens is 956 g/mol. The molecule has 36 heteroatoms. The zero-order valence-electron chi connectivity index (χ0n) is 32.7. The van der Waals surface area contributed by atoms with Gasteiger partial charge in [-0.2, -0.15) is 25.3 Å². The molecule has 20 atom stereocenters. The average Bonchev–Trinajstić information content (AvgIpc) is 3.16. The molecular formula is C28H48N2O31S3. The summed E-state index contributed by atoms with van der Waals surface area (Å²) in [7, 11) is -16.1. The van der Waals surface area contributed by atoms with Gasteiger partial charge in [0.1, 0.15) is 91.5 Å². The van der Waals surface area contributed by atoms with E-state index in [0.717, 1.165) is 13.8 Å². The van der Waals surface area contributed by atoms with Crippen LogP contribution in [0.25, 0.3) is 0 Å². The second-order valence-corrected chi connectivity index (χ2v) is 17.7. The molecule has 4 saturated heterocycles. The Morgan fingerprint density at radius 1 is 0.547 bits per heavy atom. The molecule has 33 nitrogen and oxygen atoms in total. The van der Waals surface area contributed by atoms with Crippen molar-refractivity contribution in [3.05, 3.63) is 0 Å². The molecule has 374 valence electrons. The number of ether oxygens (including phenoxy) is 7. The lowest BCUT2D eigenvalue weighted by molar-refractivity contribution is -0.389. The molecule has 1 unspecified atom stereocenters. The Hall–Kier alpha value is -2.13. The number of carbonyl (C=O) groups is 2. The van der Waals surface area contributed by atoms with Gasteiger partial charge in [-0.3, -0.25) is 23.2 Å². The summed E-state index contributed by atoms with van der Waals surface area (Å²) in [5, 5.41) is 112. The van der Waals surface area contributed by atoms with Crippen molar-refractivity contribution in [2.75, 3.05) is 26.4 Å². The van der Waals surface area contributed by atoms with Crippen LogP contribution in [0.1, 0.15) is 13.8 Å². The number of rotatable bonds is 18. The van der Waals surface area contributed by atoms with Gasteiger partial charge in [0.2, 0.25) is 23.8 Å². The fraction of sp³-hybridized carbons (Fsp3) is 0.929. The molecule has 4 aliphatic rings. The third kappa shape index (κ3) is 13.7. The van der Waals surface area contributed by atoms with Gasteiger partial charge in [0.05, 0.1) is 26.4 Å². The summed E-state index contributed by atoms with van der Waals surface area (Å²) < 4.78 is 148. The maximum Gasteiger partial charge on any atom is 0.397 e. The predicted octanol–water partition coefficient (Wildman–Crippen LogP) is -10.7. The quantitative estimate of drug-likeness (QED) is 0.0448. The van der Waals surface area contributed by atoms with Gasteiger partial charge in [-0.25, -0.2) is 12.5 Å². The van der Waals surface area contributed by atoms with E-state index in [1.54, 1.807) is 5.32 Å². The van der Waals surface area contributed by atoms with Gasteiger partial charge in [-0.15, -0.1) is 0 Å². The van der Waals surface area contributed by atoms with Crippen molar-refractivity contribution in [3.8, 4) is 0 Å². The highest BCUT2D eigenvalue weighted by Gasteiger charge is 2.60. The van der Waals surface area contributed by atoms with Crippen LogP contribution in [0.5, 0.6) is 0 Å². The fourth-order valence-electron chi connectivity index (χ4n) is 6.80. The van der Waals surface area contributed by atoms with Crippen molar-refractivity contribution in [3.63, 3.8) is 0 Å². The van der Waals surface area contributed by atoms with Crippen molar-refractivity contribution in [1.82, 2.24) is 10.6 Å². The molecule has 64 heavy (non-hydrogen) atoms. The summed E-state index contributed by atoms with van der Waals surface area (Å²) in [6.07, 6.45) is -40.5. The Kier molecular flexibility index (Phi) is 18.3. The molecule has 0 saturated carbocycles. The summed E-state index contributed by atoms with van der Waals surface area (Å²) in [4.78, 5) is 24.3. The normalized spacial score (nSPS) is 42.5. The van der Waals surface area contributed by atoms with E-state index in [-0.39, 0.29) is 0 Å². The maximum atomic E-state index is 12.4. The van der Waals surface area contributed by atoms with Gasteiger partial charge < -0.3 is 94.9 Å². The van der Waals surface area contributed by atoms with E-state index in [0.29, 0.717) is 0 Å². The first kappa shape index (κ1) is 54.5. The van der Waals surface area contributed by atoms with Gasteiger partial charge >= 0.3 is 31.2 Å². The van der Waals surface area contributed by atoms with Crippen molar-refractivity contribution >= 4 is 43.0 Å². The average molecular weight is 1000 g/mol. The first-order valence-electron chi connectivity index (χ1n) is 18.1. The van der Waals surface area contributed by atoms with E-state index in [1.807, 2.05) is 0 Å². The van der Waals surface area contributed by atoms with Gasteiger partial charge in [-0.05, 0) is 0 Å². The Morgan fingerprint density at radius 3 is 1.50 bits per heavy atom. The first-order chi connectivity index (χ1) is 29.4. The van der Waals surface area contributed by atoms with Crippen LogP contribution < -0.4 is 10.6 Å². The lowest BCUT2D eigenvalue weighted by Crippen LogP contribution is -2.74. The topological polar surface area (TPSA) is 516 Å². The minimum atomic E-state index is -5.38. The second kappa shape index (κ2) is 21.4. The van der Waals surface area contributed by atoms with Crippen molar-refractivity contribution in [2.24, 2.45) is 0 Å². The number of amides is 2. The van der Waals surface area contributed by atoms with Gasteiger partial charge in [0, 0.05) is 13.8 Å². The second-order valence-electron chi connectivity index (χ2n) is 14.4. The Labute approximate surface area is 361 Å². The van der Waals surface area contributed by atoms with Crippen LogP contribution in [-0.2, 0) is 86.5 Å². The zero-order chi connectivity index (χ0) is 48.4. The summed E-state index contributed by atoms with van der Waals surface area (Å²) in [6.45, 7) is -3.44. The van der Waals surface area contributed by atoms with E-state index in [4.69, 9.17) is 37.7 Å². The van der Waals surface area contributed by atoms with Crippen molar-refractivity contribution in [1.29, 1.82) is 0 Å². The van der Waals surface area contributed by atoms with Gasteiger partial charge in [-0.1, -0.05) is 0 Å². The highest BCUT2D eigenvalue weighted by molar-refractivity contribution is 7.81. The first-order valence-corrected chi connectivity index (χ1v) is 22.2. The molecule has 4 heterocycles. The number of carbonyl (C=O) groups excluding carboxylic acids is 2. The zero-order valence-corrected chi connectivity index (χ0v) is 35.1. The standard InChI is InChI=1S/C28H48N2O31S3/c1-7(32)29-13-16(36)20(59-25-18(38)17(37)14(34)9(3-31)55-25)11(5-53-63(46,47)48)57-24(13)61-22-15(35)10(4-52-62(43,44)45)56-26(19(22)39)60-21-12(6-54-64(49,50)51)58-27(41)28(42,23(21)40)30-8(2)33/h9-27,31,34-42H,3-6H2,1-2H3,(H,29,32)(H,30,33)(H,43,44,45)(H,46,47,48)(H,49,50,51)/t9-,10-,11-,12-,13-,14+,15+,16-,17+,18-,19-,20-,21-,22+,23+,24+,25+,26+,27?,28-/m1/s1. The highest BCUT2D eigenvalue weighted by atomic mass is 32.3. The minimum Gasteiger partial charge on any atom is -0.394 e. The molecule has 0 aliphatic carbocycles. The fourth-order valence-corrected chi connectivity index (χ4v) is 7.72. The van der Waals surface area contributed by atoms with Crippen LogP contribution in [0.4, 0.5) is 0 Å². The van der Waals surface area contributed by atoms with E-state index < -0.39 is 192 Å². The van der Waals surface area contributed by atoms with Gasteiger partial charge in [0.15, 0.2) is 18.9 Å². The molecule has 4 fully saturated rings. The maximum absolute atomic E-state index is 12.4. The number of nitrogens with one attached hydrogen (secondary N) is 2. The molecule has 15 N–H and O–H groups in total. The monoisotopic (exact) mass is 1000 g/mol. The summed E-state index contributed by atoms with van der Waals surface area (Å²) in [5.41, 5.74) is -3.24. The van der Waals surface area contributed by atoms with Crippen LogP contribution in [0, 0.1) is 0 Å². The third-order valence-corrected chi connectivity index (χ3v) is 11.0. The molecule has 0 bridgehead atoms. The predicted molar refractivity (Wildman–Crippen MR) is 189 cm³/mol. The Morgan fingerprint density at radius 2 is 1.00 bits per heavy atom. The van der Waals surface area contributed by atoms with Crippen LogP contribution >= 0.6 is 0 Å². The number of hydrogen-bond acceptors (Lipinski definition) is 28. The SMILES string of the molecule is CC(=O)N[C@H]1[C@H](O[C@H]2[C@@H](O)[C@@H](COS(=O)(=O)O)O[C@@H](O[C@@H]3[C@@H](COS(=O)(=O)O)OC(O)[C@@](O)(NC(C)=O)[C@H]3O)[C@@H]2O)O[C@H](COS(=O)(=O)O)[C@@H](O[C@@H]2O[C@H](CO)[C@H](O)[C@H](O)[C@H]2O)[C@@H]1O. The van der Waals surface area contributed by atoms with Crippen LogP contribution in [0.2, 0.25) is 0 Å².